The Bertz CT molecular complexity index is 436. The van der Waals surface area contributed by atoms with Gasteiger partial charge in [0.15, 0.2) is 0 Å². The average Bonchev–Trinajstić information content (AvgIpc) is 2.59. The monoisotopic (exact) mass is 298 g/mol. The fourth-order valence-electron chi connectivity index (χ4n) is 2.62. The maximum absolute atomic E-state index is 13.9. The predicted molar refractivity (Wildman–Crippen MR) is 82.5 cm³/mol. The van der Waals surface area contributed by atoms with E-state index in [2.05, 4.69) is 31.0 Å². The van der Waals surface area contributed by atoms with Crippen LogP contribution in [-0.4, -0.2) is 30.6 Å². The molecule has 1 aromatic rings. The van der Waals surface area contributed by atoms with Crippen LogP contribution in [0, 0.1) is 11.2 Å². The van der Waals surface area contributed by atoms with Gasteiger partial charge in [-0.3, -0.25) is 4.90 Å². The maximum Gasteiger partial charge on any atom is 0.129 e. The Morgan fingerprint density at radius 1 is 1.40 bits per heavy atom. The van der Waals surface area contributed by atoms with E-state index in [1.807, 2.05) is 0 Å². The topological polar surface area (TPSA) is 15.3 Å². The van der Waals surface area contributed by atoms with Crippen molar-refractivity contribution in [2.75, 3.05) is 19.6 Å². The van der Waals surface area contributed by atoms with E-state index in [9.17, 15) is 4.39 Å². The summed E-state index contributed by atoms with van der Waals surface area (Å²) in [6.07, 6.45) is 1.08. The van der Waals surface area contributed by atoms with E-state index >= 15 is 0 Å². The number of hydrogen-bond donors (Lipinski definition) is 1. The molecule has 112 valence electrons. The van der Waals surface area contributed by atoms with Gasteiger partial charge in [-0.15, -0.1) is 0 Å². The minimum absolute atomic E-state index is 0.196. The van der Waals surface area contributed by atoms with Gasteiger partial charge in [-0.05, 0) is 37.1 Å². The normalized spacial score (nSPS) is 21.8. The van der Waals surface area contributed by atoms with Crippen LogP contribution in [0.25, 0.3) is 0 Å². The standard InChI is InChI=1S/C16H24ClFN2/c1-16(2,3)15-11-20(9-5-8-19-15)10-12-13(17)6-4-7-14(12)18/h4,6-7,15,19H,5,8-11H2,1-3H3. The third-order valence-corrected chi connectivity index (χ3v) is 4.33. The fourth-order valence-corrected chi connectivity index (χ4v) is 2.85. The van der Waals surface area contributed by atoms with Crippen LogP contribution >= 0.6 is 11.6 Å². The third-order valence-electron chi connectivity index (χ3n) is 3.97. The van der Waals surface area contributed by atoms with Crippen LogP contribution in [0.2, 0.25) is 5.02 Å². The second-order valence-electron chi connectivity index (χ2n) is 6.66. The molecule has 1 atom stereocenters. The molecule has 4 heteroatoms. The number of halogens is 2. The summed E-state index contributed by atoms with van der Waals surface area (Å²) in [4.78, 5) is 2.31. The largest absolute Gasteiger partial charge is 0.312 e. The van der Waals surface area contributed by atoms with Crippen molar-refractivity contribution in [3.05, 3.63) is 34.6 Å². The molecule has 2 nitrogen and oxygen atoms in total. The van der Waals surface area contributed by atoms with Crippen molar-refractivity contribution in [2.24, 2.45) is 5.41 Å². The lowest BCUT2D eigenvalue weighted by atomic mass is 9.86. The number of hydrogen-bond acceptors (Lipinski definition) is 2. The summed E-state index contributed by atoms with van der Waals surface area (Å²) >= 11 is 6.13. The Morgan fingerprint density at radius 3 is 2.80 bits per heavy atom. The zero-order chi connectivity index (χ0) is 14.8. The highest BCUT2D eigenvalue weighted by molar-refractivity contribution is 6.31. The van der Waals surface area contributed by atoms with Gasteiger partial charge in [-0.25, -0.2) is 4.39 Å². The molecule has 0 saturated carbocycles. The van der Waals surface area contributed by atoms with E-state index in [4.69, 9.17) is 11.6 Å². The molecule has 0 radical (unpaired) electrons. The summed E-state index contributed by atoms with van der Waals surface area (Å²) < 4.78 is 13.9. The molecule has 1 aromatic carbocycles. The third kappa shape index (κ3) is 3.94. The Hall–Kier alpha value is -0.640. The van der Waals surface area contributed by atoms with Gasteiger partial charge in [-0.2, -0.15) is 0 Å². The molecular formula is C16H24ClFN2. The molecule has 0 aliphatic carbocycles. The molecule has 20 heavy (non-hydrogen) atoms. The van der Waals surface area contributed by atoms with Crippen molar-refractivity contribution in [1.29, 1.82) is 0 Å². The Morgan fingerprint density at radius 2 is 2.15 bits per heavy atom. The molecule has 0 spiro atoms. The zero-order valence-electron chi connectivity index (χ0n) is 12.5. The van der Waals surface area contributed by atoms with Gasteiger partial charge in [0.05, 0.1) is 0 Å². The second kappa shape index (κ2) is 6.42. The first-order chi connectivity index (χ1) is 9.38. The Kier molecular flexibility index (Phi) is 5.05. The predicted octanol–water partition coefficient (Wildman–Crippen LogP) is 3.69. The molecule has 1 saturated heterocycles. The lowest BCUT2D eigenvalue weighted by Crippen LogP contribution is -2.46. The highest BCUT2D eigenvalue weighted by Crippen LogP contribution is 2.25. The number of benzene rings is 1. The lowest BCUT2D eigenvalue weighted by molar-refractivity contribution is 0.191. The molecule has 0 amide bonds. The van der Waals surface area contributed by atoms with E-state index in [1.165, 1.54) is 6.07 Å². The van der Waals surface area contributed by atoms with Crippen LogP contribution in [0.4, 0.5) is 4.39 Å². The average molecular weight is 299 g/mol. The molecule has 0 aromatic heterocycles. The summed E-state index contributed by atoms with van der Waals surface area (Å²) in [5.74, 6) is -0.206. The molecule has 1 heterocycles. The minimum atomic E-state index is -0.206. The Labute approximate surface area is 126 Å². The van der Waals surface area contributed by atoms with Crippen molar-refractivity contribution in [2.45, 2.75) is 39.8 Å². The molecule has 1 aliphatic heterocycles. The lowest BCUT2D eigenvalue weighted by Gasteiger charge is -2.33. The number of rotatable bonds is 2. The van der Waals surface area contributed by atoms with Crippen molar-refractivity contribution in [1.82, 2.24) is 10.2 Å². The van der Waals surface area contributed by atoms with Gasteiger partial charge in [0.2, 0.25) is 0 Å². The molecule has 1 unspecified atom stereocenters. The van der Waals surface area contributed by atoms with Gasteiger partial charge < -0.3 is 5.32 Å². The molecular weight excluding hydrogens is 275 g/mol. The van der Waals surface area contributed by atoms with Gasteiger partial charge in [0, 0.05) is 29.7 Å². The van der Waals surface area contributed by atoms with Gasteiger partial charge >= 0.3 is 0 Å². The quantitative estimate of drug-likeness (QED) is 0.896. The van der Waals surface area contributed by atoms with E-state index in [0.717, 1.165) is 26.1 Å². The van der Waals surface area contributed by atoms with Gasteiger partial charge in [-0.1, -0.05) is 38.4 Å². The number of nitrogens with zero attached hydrogens (tertiary/aromatic N) is 1. The first-order valence-electron chi connectivity index (χ1n) is 7.26. The fraction of sp³-hybridized carbons (Fsp3) is 0.625. The molecule has 2 rings (SSSR count). The molecule has 1 fully saturated rings. The minimum Gasteiger partial charge on any atom is -0.312 e. The van der Waals surface area contributed by atoms with Gasteiger partial charge in [0.25, 0.3) is 0 Å². The molecule has 1 aliphatic rings. The van der Waals surface area contributed by atoms with E-state index in [0.29, 0.717) is 23.2 Å². The van der Waals surface area contributed by atoms with Crippen molar-refractivity contribution >= 4 is 11.6 Å². The highest BCUT2D eigenvalue weighted by atomic mass is 35.5. The van der Waals surface area contributed by atoms with Crippen molar-refractivity contribution < 1.29 is 4.39 Å². The van der Waals surface area contributed by atoms with Crippen LogP contribution in [0.1, 0.15) is 32.8 Å². The Balaban J connectivity index is 2.12. The molecule has 0 bridgehead atoms. The summed E-state index contributed by atoms with van der Waals surface area (Å²) in [5.41, 5.74) is 0.811. The first kappa shape index (κ1) is 15.7. The van der Waals surface area contributed by atoms with Crippen LogP contribution in [0.3, 0.4) is 0 Å². The van der Waals surface area contributed by atoms with E-state index < -0.39 is 0 Å². The highest BCUT2D eigenvalue weighted by Gasteiger charge is 2.28. The van der Waals surface area contributed by atoms with E-state index in [1.54, 1.807) is 12.1 Å². The van der Waals surface area contributed by atoms with E-state index in [-0.39, 0.29) is 11.2 Å². The molecule has 1 N–H and O–H groups in total. The van der Waals surface area contributed by atoms with Gasteiger partial charge in [0.1, 0.15) is 5.82 Å². The van der Waals surface area contributed by atoms with Crippen LogP contribution in [0.5, 0.6) is 0 Å². The summed E-state index contributed by atoms with van der Waals surface area (Å²) in [5, 5.41) is 4.12. The summed E-state index contributed by atoms with van der Waals surface area (Å²) in [6.45, 7) is 10.2. The second-order valence-corrected chi connectivity index (χ2v) is 7.07. The van der Waals surface area contributed by atoms with Crippen LogP contribution in [0.15, 0.2) is 18.2 Å². The first-order valence-corrected chi connectivity index (χ1v) is 7.64. The smallest absolute Gasteiger partial charge is 0.129 e. The summed E-state index contributed by atoms with van der Waals surface area (Å²) in [7, 11) is 0. The van der Waals surface area contributed by atoms with Crippen molar-refractivity contribution in [3.8, 4) is 0 Å². The maximum atomic E-state index is 13.9. The summed E-state index contributed by atoms with van der Waals surface area (Å²) in [6, 6.07) is 5.31. The SMILES string of the molecule is CC(C)(C)C1CN(Cc2c(F)cccc2Cl)CCCN1. The van der Waals surface area contributed by atoms with Crippen LogP contribution in [-0.2, 0) is 6.54 Å². The van der Waals surface area contributed by atoms with Crippen LogP contribution < -0.4 is 5.32 Å². The zero-order valence-corrected chi connectivity index (χ0v) is 13.3. The number of nitrogens with one attached hydrogen (secondary N) is 1. The van der Waals surface area contributed by atoms with Crippen molar-refractivity contribution in [3.63, 3.8) is 0 Å².